The predicted molar refractivity (Wildman–Crippen MR) is 104 cm³/mol. The zero-order valence-corrected chi connectivity index (χ0v) is 16.3. The molecule has 136 valence electrons. The van der Waals surface area contributed by atoms with Crippen molar-refractivity contribution < 1.29 is 8.42 Å². The summed E-state index contributed by atoms with van der Waals surface area (Å²) >= 11 is 7.41. The first-order chi connectivity index (χ1) is 12.5. The number of hydrogen-bond acceptors (Lipinski definition) is 6. The van der Waals surface area contributed by atoms with Crippen LogP contribution in [0.4, 0.5) is 5.13 Å². The summed E-state index contributed by atoms with van der Waals surface area (Å²) in [5.74, 6) is 0. The van der Waals surface area contributed by atoms with E-state index in [2.05, 4.69) is 14.9 Å². The van der Waals surface area contributed by atoms with Gasteiger partial charge in [-0.15, -0.1) is 0 Å². The molecule has 0 bridgehead atoms. The lowest BCUT2D eigenvalue weighted by Gasteiger charge is -2.21. The smallest absolute Gasteiger partial charge is 0.243 e. The summed E-state index contributed by atoms with van der Waals surface area (Å²) in [5, 5.41) is 1.42. The number of rotatable bonds is 3. The molecule has 1 saturated heterocycles. The number of aromatic nitrogens is 2. The zero-order chi connectivity index (χ0) is 18.1. The Morgan fingerprint density at radius 3 is 2.62 bits per heavy atom. The van der Waals surface area contributed by atoms with Crippen LogP contribution in [0.3, 0.4) is 0 Å². The molecular formula is C17H17ClN4O2S2. The first-order valence-corrected chi connectivity index (χ1v) is 10.9. The van der Waals surface area contributed by atoms with Crippen LogP contribution >= 0.6 is 22.9 Å². The highest BCUT2D eigenvalue weighted by Gasteiger charge is 2.27. The van der Waals surface area contributed by atoms with E-state index in [0.29, 0.717) is 24.7 Å². The van der Waals surface area contributed by atoms with Crippen molar-refractivity contribution in [3.05, 3.63) is 47.6 Å². The molecule has 0 radical (unpaired) electrons. The Kier molecular flexibility index (Phi) is 4.83. The van der Waals surface area contributed by atoms with Crippen LogP contribution in [0.2, 0.25) is 5.02 Å². The highest BCUT2D eigenvalue weighted by atomic mass is 35.5. The monoisotopic (exact) mass is 408 g/mol. The fraction of sp³-hybridized carbons (Fsp3) is 0.294. The van der Waals surface area contributed by atoms with Crippen LogP contribution in [-0.4, -0.2) is 48.9 Å². The highest BCUT2D eigenvalue weighted by Crippen LogP contribution is 2.28. The third-order valence-corrected chi connectivity index (χ3v) is 7.54. The van der Waals surface area contributed by atoms with Gasteiger partial charge in [0, 0.05) is 37.4 Å². The number of benzene rings is 1. The largest absolute Gasteiger partial charge is 0.347 e. The Labute approximate surface area is 161 Å². The topological polar surface area (TPSA) is 66.4 Å². The summed E-state index contributed by atoms with van der Waals surface area (Å²) in [6.45, 7) is 2.29. The minimum atomic E-state index is -3.51. The molecule has 26 heavy (non-hydrogen) atoms. The summed E-state index contributed by atoms with van der Waals surface area (Å²) in [5.41, 5.74) is 0.877. The maximum Gasteiger partial charge on any atom is 0.243 e. The normalized spacial score (nSPS) is 16.7. The molecule has 1 aromatic carbocycles. The van der Waals surface area contributed by atoms with Gasteiger partial charge in [0.15, 0.2) is 5.13 Å². The molecule has 6 nitrogen and oxygen atoms in total. The van der Waals surface area contributed by atoms with E-state index >= 15 is 0 Å². The summed E-state index contributed by atoms with van der Waals surface area (Å²) in [4.78, 5) is 12.3. The number of pyridine rings is 1. The maximum atomic E-state index is 12.9. The second-order valence-electron chi connectivity index (χ2n) is 6.02. The fourth-order valence-electron chi connectivity index (χ4n) is 2.97. The summed E-state index contributed by atoms with van der Waals surface area (Å²) in [7, 11) is -3.51. The van der Waals surface area contributed by atoms with Gasteiger partial charge in [-0.2, -0.15) is 4.31 Å². The number of nitrogens with zero attached hydrogens (tertiary/aromatic N) is 4. The van der Waals surface area contributed by atoms with E-state index in [-0.39, 0.29) is 4.90 Å². The van der Waals surface area contributed by atoms with E-state index in [1.807, 2.05) is 12.1 Å². The van der Waals surface area contributed by atoms with Gasteiger partial charge in [0.25, 0.3) is 0 Å². The van der Waals surface area contributed by atoms with Crippen molar-refractivity contribution in [2.75, 3.05) is 31.1 Å². The molecule has 1 aliphatic heterocycles. The van der Waals surface area contributed by atoms with E-state index < -0.39 is 10.0 Å². The van der Waals surface area contributed by atoms with Crippen molar-refractivity contribution in [3.63, 3.8) is 0 Å². The van der Waals surface area contributed by atoms with Crippen molar-refractivity contribution in [2.24, 2.45) is 0 Å². The molecule has 0 N–H and O–H groups in total. The van der Waals surface area contributed by atoms with Crippen molar-refractivity contribution >= 4 is 48.4 Å². The Balaban J connectivity index is 1.53. The second kappa shape index (κ2) is 7.11. The third kappa shape index (κ3) is 3.42. The van der Waals surface area contributed by atoms with Crippen molar-refractivity contribution in [1.29, 1.82) is 0 Å². The Morgan fingerprint density at radius 1 is 1.04 bits per heavy atom. The van der Waals surface area contributed by atoms with E-state index in [4.69, 9.17) is 11.6 Å². The molecule has 0 unspecified atom stereocenters. The first kappa shape index (κ1) is 17.7. The summed E-state index contributed by atoms with van der Waals surface area (Å²) in [6.07, 6.45) is 2.50. The van der Waals surface area contributed by atoms with Crippen molar-refractivity contribution in [1.82, 2.24) is 14.3 Å². The van der Waals surface area contributed by atoms with Crippen LogP contribution in [0.1, 0.15) is 6.42 Å². The molecule has 1 aliphatic rings. The van der Waals surface area contributed by atoms with Gasteiger partial charge in [-0.05, 0) is 42.8 Å². The van der Waals surface area contributed by atoms with E-state index in [1.165, 1.54) is 0 Å². The number of sulfonamides is 1. The molecule has 0 spiro atoms. The van der Waals surface area contributed by atoms with Crippen molar-refractivity contribution in [3.8, 4) is 0 Å². The molecular weight excluding hydrogens is 392 g/mol. The molecule has 1 fully saturated rings. The molecule has 0 saturated carbocycles. The van der Waals surface area contributed by atoms with Gasteiger partial charge < -0.3 is 4.90 Å². The van der Waals surface area contributed by atoms with Crippen LogP contribution in [0.25, 0.3) is 10.3 Å². The molecule has 3 aromatic rings. The number of halogens is 1. The highest BCUT2D eigenvalue weighted by molar-refractivity contribution is 7.89. The van der Waals surface area contributed by atoms with Crippen LogP contribution < -0.4 is 4.90 Å². The molecule has 0 atom stereocenters. The number of fused-ring (bicyclic) bond motifs is 1. The minimum absolute atomic E-state index is 0.277. The van der Waals surface area contributed by atoms with Crippen LogP contribution in [-0.2, 0) is 10.0 Å². The van der Waals surface area contributed by atoms with Gasteiger partial charge >= 0.3 is 0 Å². The summed E-state index contributed by atoms with van der Waals surface area (Å²) in [6, 6.07) is 10.1. The Hall–Kier alpha value is -1.74. The molecule has 0 amide bonds. The van der Waals surface area contributed by atoms with Crippen LogP contribution in [0.5, 0.6) is 0 Å². The first-order valence-electron chi connectivity index (χ1n) is 8.26. The van der Waals surface area contributed by atoms with Gasteiger partial charge in [0.05, 0.1) is 4.90 Å². The zero-order valence-electron chi connectivity index (χ0n) is 13.9. The van der Waals surface area contributed by atoms with E-state index in [9.17, 15) is 8.42 Å². The Bertz CT molecular complexity index is 988. The molecule has 0 aliphatic carbocycles. The van der Waals surface area contributed by atoms with E-state index in [1.54, 1.807) is 46.1 Å². The summed E-state index contributed by atoms with van der Waals surface area (Å²) < 4.78 is 27.3. The van der Waals surface area contributed by atoms with Gasteiger partial charge in [0.1, 0.15) is 10.3 Å². The fourth-order valence-corrected chi connectivity index (χ4v) is 5.53. The molecule has 3 heterocycles. The lowest BCUT2D eigenvalue weighted by Crippen LogP contribution is -2.35. The standard InChI is InChI=1S/C17H17ClN4O2S2/c18-13-4-6-14(7-5-13)26(23,24)22-10-2-9-21(11-12-22)17-20-15-3-1-8-19-16(15)25-17/h1,3-8H,2,9-12H2. The molecule has 4 rings (SSSR count). The van der Waals surface area contributed by atoms with Gasteiger partial charge in [-0.1, -0.05) is 22.9 Å². The number of hydrogen-bond donors (Lipinski definition) is 0. The van der Waals surface area contributed by atoms with Crippen LogP contribution in [0.15, 0.2) is 47.5 Å². The lowest BCUT2D eigenvalue weighted by atomic mass is 10.4. The molecule has 2 aromatic heterocycles. The Morgan fingerprint density at radius 2 is 1.85 bits per heavy atom. The second-order valence-corrected chi connectivity index (χ2v) is 9.35. The van der Waals surface area contributed by atoms with Crippen molar-refractivity contribution in [2.45, 2.75) is 11.3 Å². The third-order valence-electron chi connectivity index (χ3n) is 4.33. The molecule has 9 heteroatoms. The maximum absolute atomic E-state index is 12.9. The quantitative estimate of drug-likeness (QED) is 0.665. The van der Waals surface area contributed by atoms with Gasteiger partial charge in [0.2, 0.25) is 10.0 Å². The average Bonchev–Trinajstić information content (AvgIpc) is 2.90. The van der Waals surface area contributed by atoms with Crippen LogP contribution in [0, 0.1) is 0 Å². The SMILES string of the molecule is O=S(=O)(c1ccc(Cl)cc1)N1CCCN(c2nc3cccnc3s2)CC1. The minimum Gasteiger partial charge on any atom is -0.347 e. The van der Waals surface area contributed by atoms with E-state index in [0.717, 1.165) is 28.4 Å². The average molecular weight is 409 g/mol. The number of thiazole rings is 1. The number of anilines is 1. The van der Waals surface area contributed by atoms with Gasteiger partial charge in [-0.25, -0.2) is 18.4 Å². The predicted octanol–water partition coefficient (Wildman–Crippen LogP) is 3.25. The van der Waals surface area contributed by atoms with Gasteiger partial charge in [-0.3, -0.25) is 0 Å². The lowest BCUT2D eigenvalue weighted by molar-refractivity contribution is 0.433.